The zero-order valence-electron chi connectivity index (χ0n) is 16.1. The highest BCUT2D eigenvalue weighted by molar-refractivity contribution is 7.18. The number of rotatable bonds is 5. The van der Waals surface area contributed by atoms with Crippen molar-refractivity contribution in [3.8, 4) is 0 Å². The van der Waals surface area contributed by atoms with E-state index in [-0.39, 0.29) is 5.82 Å². The highest BCUT2D eigenvalue weighted by Crippen LogP contribution is 2.32. The number of hydrogen-bond acceptors (Lipinski definition) is 6. The number of halogens is 2. The molecule has 0 saturated carbocycles. The molecule has 29 heavy (non-hydrogen) atoms. The van der Waals surface area contributed by atoms with Gasteiger partial charge >= 0.3 is 0 Å². The Hall–Kier alpha value is -2.84. The van der Waals surface area contributed by atoms with Gasteiger partial charge in [0, 0.05) is 4.88 Å². The van der Waals surface area contributed by atoms with Gasteiger partial charge in [-0.2, -0.15) is 10.2 Å². The maximum Gasteiger partial charge on any atom is 0.158 e. The second kappa shape index (κ2) is 7.88. The lowest BCUT2D eigenvalue weighted by atomic mass is 10.2. The molecular formula is C20H18ClFN6S. The van der Waals surface area contributed by atoms with Crippen LogP contribution in [0, 0.1) is 26.6 Å². The fraction of sp³-hybridized carbons (Fsp3) is 0.200. The van der Waals surface area contributed by atoms with Crippen LogP contribution in [0.2, 0.25) is 5.15 Å². The molecule has 0 aliphatic rings. The van der Waals surface area contributed by atoms with Crippen molar-refractivity contribution in [2.45, 2.75) is 27.3 Å². The van der Waals surface area contributed by atoms with E-state index in [0.717, 1.165) is 27.0 Å². The first-order chi connectivity index (χ1) is 13.9. The minimum absolute atomic E-state index is 0.273. The summed E-state index contributed by atoms with van der Waals surface area (Å²) in [4.78, 5) is 10.8. The van der Waals surface area contributed by atoms with Crippen molar-refractivity contribution >= 4 is 45.2 Å². The van der Waals surface area contributed by atoms with Gasteiger partial charge in [-0.05, 0) is 44.0 Å². The van der Waals surface area contributed by atoms with Crippen molar-refractivity contribution in [3.63, 3.8) is 0 Å². The molecule has 9 heteroatoms. The Morgan fingerprint density at radius 3 is 2.72 bits per heavy atom. The Kier molecular flexibility index (Phi) is 5.29. The van der Waals surface area contributed by atoms with Gasteiger partial charge in [0.15, 0.2) is 5.82 Å². The number of aromatic nitrogens is 4. The Labute approximate surface area is 176 Å². The van der Waals surface area contributed by atoms with Gasteiger partial charge in [-0.15, -0.1) is 11.3 Å². The average molecular weight is 429 g/mol. The van der Waals surface area contributed by atoms with E-state index in [1.165, 1.54) is 23.3 Å². The van der Waals surface area contributed by atoms with Crippen LogP contribution in [-0.2, 0) is 6.54 Å². The van der Waals surface area contributed by atoms with E-state index in [9.17, 15) is 4.39 Å². The van der Waals surface area contributed by atoms with Gasteiger partial charge in [0.2, 0.25) is 0 Å². The summed E-state index contributed by atoms with van der Waals surface area (Å²) in [6.45, 7) is 6.42. The normalized spacial score (nSPS) is 11.6. The minimum atomic E-state index is -0.273. The predicted molar refractivity (Wildman–Crippen MR) is 116 cm³/mol. The van der Waals surface area contributed by atoms with E-state index in [0.29, 0.717) is 23.1 Å². The number of benzene rings is 1. The van der Waals surface area contributed by atoms with Crippen molar-refractivity contribution < 1.29 is 4.39 Å². The van der Waals surface area contributed by atoms with E-state index >= 15 is 0 Å². The molecule has 0 saturated heterocycles. The van der Waals surface area contributed by atoms with E-state index in [2.05, 4.69) is 32.5 Å². The molecule has 0 aliphatic carbocycles. The number of aryl methyl sites for hydroxylation is 3. The van der Waals surface area contributed by atoms with E-state index in [4.69, 9.17) is 11.6 Å². The standard InChI is InChI=1S/C20H18ClFN6S/c1-11-13(3)29-20-17(11)19(23-10-24-20)26-25-8-16-12(2)27-28(18(16)21)9-14-4-6-15(22)7-5-14/h4-8,10H,9H2,1-3H3,(H,23,24,26)/b25-8-. The molecule has 0 amide bonds. The van der Waals surface area contributed by atoms with Crippen LogP contribution in [0.1, 0.15) is 27.3 Å². The Balaban J connectivity index is 1.56. The lowest BCUT2D eigenvalue weighted by Crippen LogP contribution is -2.02. The number of hydrazone groups is 1. The molecule has 0 atom stereocenters. The summed E-state index contributed by atoms with van der Waals surface area (Å²) in [7, 11) is 0. The predicted octanol–water partition coefficient (Wildman–Crippen LogP) is 5.10. The molecule has 0 spiro atoms. The van der Waals surface area contributed by atoms with Gasteiger partial charge in [-0.1, -0.05) is 23.7 Å². The maximum atomic E-state index is 13.1. The second-order valence-corrected chi connectivity index (χ2v) is 8.19. The van der Waals surface area contributed by atoms with Crippen LogP contribution >= 0.6 is 22.9 Å². The molecule has 6 nitrogen and oxygen atoms in total. The van der Waals surface area contributed by atoms with Gasteiger partial charge in [0.1, 0.15) is 22.1 Å². The number of anilines is 1. The Morgan fingerprint density at radius 1 is 1.21 bits per heavy atom. The first-order valence-corrected chi connectivity index (χ1v) is 10.1. The summed E-state index contributed by atoms with van der Waals surface area (Å²) in [6.07, 6.45) is 3.16. The molecule has 4 aromatic rings. The number of nitrogens with one attached hydrogen (secondary N) is 1. The van der Waals surface area contributed by atoms with E-state index in [1.807, 2.05) is 13.8 Å². The summed E-state index contributed by atoms with van der Waals surface area (Å²) in [5.41, 5.74) is 6.51. The number of nitrogens with zero attached hydrogens (tertiary/aromatic N) is 5. The van der Waals surface area contributed by atoms with Crippen LogP contribution < -0.4 is 5.43 Å². The number of fused-ring (bicyclic) bond motifs is 1. The molecule has 0 radical (unpaired) electrons. The first kappa shape index (κ1) is 19.5. The zero-order valence-corrected chi connectivity index (χ0v) is 17.6. The van der Waals surface area contributed by atoms with Gasteiger partial charge < -0.3 is 0 Å². The van der Waals surface area contributed by atoms with Crippen LogP contribution in [0.3, 0.4) is 0 Å². The van der Waals surface area contributed by atoms with Crippen molar-refractivity contribution in [1.82, 2.24) is 19.7 Å². The smallest absolute Gasteiger partial charge is 0.158 e. The van der Waals surface area contributed by atoms with Gasteiger partial charge in [-0.3, -0.25) is 5.43 Å². The highest BCUT2D eigenvalue weighted by Gasteiger charge is 2.13. The van der Waals surface area contributed by atoms with Crippen LogP contribution in [0.15, 0.2) is 35.7 Å². The van der Waals surface area contributed by atoms with Gasteiger partial charge in [-0.25, -0.2) is 19.0 Å². The molecule has 148 valence electrons. The number of hydrogen-bond donors (Lipinski definition) is 1. The average Bonchev–Trinajstić information content (AvgIpc) is 3.14. The monoisotopic (exact) mass is 428 g/mol. The molecule has 0 bridgehead atoms. The lowest BCUT2D eigenvalue weighted by Gasteiger charge is -2.04. The summed E-state index contributed by atoms with van der Waals surface area (Å²) in [5, 5.41) is 10.2. The van der Waals surface area contributed by atoms with Crippen molar-refractivity contribution in [1.29, 1.82) is 0 Å². The van der Waals surface area contributed by atoms with Gasteiger partial charge in [0.05, 0.1) is 29.4 Å². The Morgan fingerprint density at radius 2 is 1.97 bits per heavy atom. The van der Waals surface area contributed by atoms with Crippen molar-refractivity contribution in [2.24, 2.45) is 5.10 Å². The second-order valence-electron chi connectivity index (χ2n) is 6.63. The van der Waals surface area contributed by atoms with Crippen molar-refractivity contribution in [2.75, 3.05) is 5.43 Å². The molecule has 0 fully saturated rings. The van der Waals surface area contributed by atoms with E-state index in [1.54, 1.807) is 34.4 Å². The van der Waals surface area contributed by atoms with Gasteiger partial charge in [0.25, 0.3) is 0 Å². The molecule has 0 unspecified atom stereocenters. The molecule has 3 aromatic heterocycles. The topological polar surface area (TPSA) is 68.0 Å². The van der Waals surface area contributed by atoms with Crippen LogP contribution in [0.4, 0.5) is 10.2 Å². The van der Waals surface area contributed by atoms with E-state index < -0.39 is 0 Å². The number of thiophene rings is 1. The summed E-state index contributed by atoms with van der Waals surface area (Å²) in [5.74, 6) is 0.380. The summed E-state index contributed by atoms with van der Waals surface area (Å²) < 4.78 is 14.8. The fourth-order valence-corrected chi connectivity index (χ4v) is 4.29. The molecule has 3 heterocycles. The quantitative estimate of drug-likeness (QED) is 0.354. The Bertz CT molecular complexity index is 1210. The fourth-order valence-electron chi connectivity index (χ4n) is 3.01. The highest BCUT2D eigenvalue weighted by atomic mass is 35.5. The van der Waals surface area contributed by atoms with Crippen molar-refractivity contribution in [3.05, 3.63) is 68.8 Å². The maximum absolute atomic E-state index is 13.1. The zero-order chi connectivity index (χ0) is 20.5. The summed E-state index contributed by atoms with van der Waals surface area (Å²) in [6, 6.07) is 6.26. The lowest BCUT2D eigenvalue weighted by molar-refractivity contribution is 0.624. The minimum Gasteiger partial charge on any atom is -0.261 e. The molecule has 1 N–H and O–H groups in total. The molecule has 0 aliphatic heterocycles. The summed E-state index contributed by atoms with van der Waals surface area (Å²) >= 11 is 8.13. The SMILES string of the molecule is Cc1nn(Cc2ccc(F)cc2)c(Cl)c1/C=N\Nc1ncnc2sc(C)c(C)c12. The first-order valence-electron chi connectivity index (χ1n) is 8.91. The molecular weight excluding hydrogens is 411 g/mol. The third kappa shape index (κ3) is 3.86. The third-order valence-corrected chi connectivity index (χ3v) is 6.20. The largest absolute Gasteiger partial charge is 0.261 e. The van der Waals surface area contributed by atoms with Crippen LogP contribution in [0.5, 0.6) is 0 Å². The molecule has 4 rings (SSSR count). The van der Waals surface area contributed by atoms with Crippen LogP contribution in [0.25, 0.3) is 10.2 Å². The third-order valence-electron chi connectivity index (χ3n) is 4.68. The van der Waals surface area contributed by atoms with Crippen LogP contribution in [-0.4, -0.2) is 26.0 Å². The molecule has 1 aromatic carbocycles.